The second-order valence-electron chi connectivity index (χ2n) is 3.91. The van der Waals surface area contributed by atoms with Gasteiger partial charge in [-0.05, 0) is 29.8 Å². The molecular weight excluding hydrogens is 260 g/mol. The fourth-order valence-corrected chi connectivity index (χ4v) is 2.33. The van der Waals surface area contributed by atoms with Crippen molar-refractivity contribution in [2.24, 2.45) is 0 Å². The first-order valence-corrected chi connectivity index (χ1v) is 6.69. The zero-order chi connectivity index (χ0) is 13.7. The van der Waals surface area contributed by atoms with Crippen molar-refractivity contribution in [1.29, 1.82) is 0 Å². The molecule has 0 spiro atoms. The molecule has 2 N–H and O–H groups in total. The summed E-state index contributed by atoms with van der Waals surface area (Å²) in [6, 6.07) is 11.1. The molecule has 0 saturated carbocycles. The van der Waals surface area contributed by atoms with Crippen LogP contribution in [0.25, 0.3) is 0 Å². The summed E-state index contributed by atoms with van der Waals surface area (Å²) in [5.74, 6) is 0.416. The third-order valence-electron chi connectivity index (χ3n) is 2.49. The molecule has 19 heavy (non-hydrogen) atoms. The average molecular weight is 274 g/mol. The van der Waals surface area contributed by atoms with Gasteiger partial charge in [-0.3, -0.25) is 0 Å². The van der Waals surface area contributed by atoms with Crippen LogP contribution in [0.2, 0.25) is 0 Å². The normalized spacial score (nSPS) is 10.2. The van der Waals surface area contributed by atoms with Gasteiger partial charge in [-0.15, -0.1) is 11.8 Å². The summed E-state index contributed by atoms with van der Waals surface area (Å²) in [5.41, 5.74) is 7.84. The molecule has 0 aliphatic heterocycles. The molecule has 0 fully saturated rings. The number of benzene rings is 1. The molecule has 98 valence electrons. The number of nitrogen functional groups attached to an aromatic ring is 1. The van der Waals surface area contributed by atoms with Gasteiger partial charge in [-0.1, -0.05) is 12.1 Å². The molecule has 1 aromatic heterocycles. The molecule has 2 rings (SSSR count). The lowest BCUT2D eigenvalue weighted by atomic mass is 10.1. The monoisotopic (exact) mass is 274 g/mol. The number of carbonyl (C=O) groups excluding carboxylic acids is 1. The van der Waals surface area contributed by atoms with Gasteiger partial charge in [0.1, 0.15) is 0 Å². The fraction of sp³-hybridized carbons (Fsp3) is 0.143. The number of carbonyl (C=O) groups is 1. The standard InChI is InChI=1S/C14H14N2O2S/c1-18-14(17)11-4-2-3-10(7-11)9-19-13-6-5-12(15)8-16-13/h2-8H,9,15H2,1H3. The lowest BCUT2D eigenvalue weighted by Crippen LogP contribution is -2.01. The number of pyridine rings is 1. The zero-order valence-electron chi connectivity index (χ0n) is 10.5. The minimum atomic E-state index is -0.322. The largest absolute Gasteiger partial charge is 0.465 e. The van der Waals surface area contributed by atoms with E-state index < -0.39 is 0 Å². The number of thioether (sulfide) groups is 1. The van der Waals surface area contributed by atoms with Crippen molar-refractivity contribution < 1.29 is 9.53 Å². The summed E-state index contributed by atoms with van der Waals surface area (Å²) < 4.78 is 4.70. The highest BCUT2D eigenvalue weighted by Crippen LogP contribution is 2.21. The number of nitrogens with zero attached hydrogens (tertiary/aromatic N) is 1. The maximum Gasteiger partial charge on any atom is 0.337 e. The summed E-state index contributed by atoms with van der Waals surface area (Å²) in [6.45, 7) is 0. The fourth-order valence-electron chi connectivity index (χ4n) is 1.54. The Kier molecular flexibility index (Phi) is 4.41. The number of aromatic nitrogens is 1. The van der Waals surface area contributed by atoms with Crippen molar-refractivity contribution in [3.63, 3.8) is 0 Å². The molecule has 0 radical (unpaired) electrons. The molecule has 5 heteroatoms. The lowest BCUT2D eigenvalue weighted by Gasteiger charge is -2.04. The van der Waals surface area contributed by atoms with Crippen LogP contribution in [0.15, 0.2) is 47.6 Å². The molecule has 2 aromatic rings. The second kappa shape index (κ2) is 6.24. The SMILES string of the molecule is COC(=O)c1cccc(CSc2ccc(N)cn2)c1. The molecule has 0 aliphatic rings. The Morgan fingerprint density at radius 2 is 2.21 bits per heavy atom. The van der Waals surface area contributed by atoms with Gasteiger partial charge in [0.2, 0.25) is 0 Å². The molecule has 0 unspecified atom stereocenters. The predicted octanol–water partition coefficient (Wildman–Crippen LogP) is 2.74. The van der Waals surface area contributed by atoms with Gasteiger partial charge in [0, 0.05) is 5.75 Å². The average Bonchev–Trinajstić information content (AvgIpc) is 2.46. The third kappa shape index (κ3) is 3.72. The smallest absolute Gasteiger partial charge is 0.337 e. The Bertz CT molecular complexity index is 570. The lowest BCUT2D eigenvalue weighted by molar-refractivity contribution is 0.0600. The molecule has 0 saturated heterocycles. The van der Waals surface area contributed by atoms with Crippen molar-refractivity contribution in [2.45, 2.75) is 10.8 Å². The number of ether oxygens (including phenoxy) is 1. The van der Waals surface area contributed by atoms with Gasteiger partial charge in [0.05, 0.1) is 29.6 Å². The van der Waals surface area contributed by atoms with Crippen LogP contribution in [0.5, 0.6) is 0 Å². The number of hydrogen-bond donors (Lipinski definition) is 1. The molecule has 4 nitrogen and oxygen atoms in total. The highest BCUT2D eigenvalue weighted by Gasteiger charge is 2.06. The molecule has 0 amide bonds. The van der Waals surface area contributed by atoms with Gasteiger partial charge in [-0.2, -0.15) is 0 Å². The quantitative estimate of drug-likeness (QED) is 0.686. The Labute approximate surface area is 116 Å². The minimum absolute atomic E-state index is 0.322. The van der Waals surface area contributed by atoms with Crippen LogP contribution in [-0.4, -0.2) is 18.1 Å². The van der Waals surface area contributed by atoms with Crippen molar-refractivity contribution in [3.05, 3.63) is 53.7 Å². The molecule has 0 bridgehead atoms. The summed E-state index contributed by atoms with van der Waals surface area (Å²) in [7, 11) is 1.38. The topological polar surface area (TPSA) is 65.2 Å². The number of esters is 1. The van der Waals surface area contributed by atoms with E-state index in [-0.39, 0.29) is 5.97 Å². The van der Waals surface area contributed by atoms with E-state index in [2.05, 4.69) is 4.98 Å². The van der Waals surface area contributed by atoms with Crippen LogP contribution in [0.1, 0.15) is 15.9 Å². The van der Waals surface area contributed by atoms with E-state index in [4.69, 9.17) is 10.5 Å². The first kappa shape index (κ1) is 13.4. The predicted molar refractivity (Wildman–Crippen MR) is 76.0 cm³/mol. The third-order valence-corrected chi connectivity index (χ3v) is 3.51. The van der Waals surface area contributed by atoms with Crippen molar-refractivity contribution >= 4 is 23.4 Å². The van der Waals surface area contributed by atoms with E-state index in [9.17, 15) is 4.79 Å². The van der Waals surface area contributed by atoms with Gasteiger partial charge in [0.15, 0.2) is 0 Å². The van der Waals surface area contributed by atoms with E-state index in [1.807, 2.05) is 30.3 Å². The van der Waals surface area contributed by atoms with Gasteiger partial charge in [0.25, 0.3) is 0 Å². The van der Waals surface area contributed by atoms with Crippen molar-refractivity contribution in [1.82, 2.24) is 4.98 Å². The number of rotatable bonds is 4. The Morgan fingerprint density at radius 1 is 1.37 bits per heavy atom. The minimum Gasteiger partial charge on any atom is -0.465 e. The summed E-state index contributed by atoms with van der Waals surface area (Å²) >= 11 is 1.59. The van der Waals surface area contributed by atoms with E-state index in [1.165, 1.54) is 7.11 Å². The number of methoxy groups -OCH3 is 1. The summed E-state index contributed by atoms with van der Waals surface area (Å²) in [5, 5.41) is 0.901. The van der Waals surface area contributed by atoms with Crippen LogP contribution in [0, 0.1) is 0 Å². The van der Waals surface area contributed by atoms with E-state index in [0.29, 0.717) is 11.3 Å². The van der Waals surface area contributed by atoms with Crippen LogP contribution < -0.4 is 5.73 Å². The Balaban J connectivity index is 2.03. The van der Waals surface area contributed by atoms with E-state index >= 15 is 0 Å². The summed E-state index contributed by atoms with van der Waals surface area (Å²) in [4.78, 5) is 15.6. The van der Waals surface area contributed by atoms with Crippen molar-refractivity contribution in [3.8, 4) is 0 Å². The molecule has 0 aliphatic carbocycles. The summed E-state index contributed by atoms with van der Waals surface area (Å²) in [6.07, 6.45) is 1.63. The van der Waals surface area contributed by atoms with Crippen LogP contribution in [0.3, 0.4) is 0 Å². The maximum atomic E-state index is 11.4. The van der Waals surface area contributed by atoms with E-state index in [1.54, 1.807) is 24.0 Å². The second-order valence-corrected chi connectivity index (χ2v) is 4.91. The molecule has 1 heterocycles. The van der Waals surface area contributed by atoms with Gasteiger partial charge < -0.3 is 10.5 Å². The van der Waals surface area contributed by atoms with Gasteiger partial charge in [-0.25, -0.2) is 9.78 Å². The first-order chi connectivity index (χ1) is 9.19. The van der Waals surface area contributed by atoms with E-state index in [0.717, 1.165) is 16.3 Å². The number of hydrogen-bond acceptors (Lipinski definition) is 5. The Morgan fingerprint density at radius 3 is 2.89 bits per heavy atom. The Hall–Kier alpha value is -2.01. The van der Waals surface area contributed by atoms with Crippen LogP contribution in [-0.2, 0) is 10.5 Å². The van der Waals surface area contributed by atoms with Gasteiger partial charge >= 0.3 is 5.97 Å². The molecule has 1 aromatic carbocycles. The molecule has 0 atom stereocenters. The number of nitrogens with two attached hydrogens (primary N) is 1. The van der Waals surface area contributed by atoms with Crippen LogP contribution >= 0.6 is 11.8 Å². The van der Waals surface area contributed by atoms with Crippen LogP contribution in [0.4, 0.5) is 5.69 Å². The highest BCUT2D eigenvalue weighted by atomic mass is 32.2. The number of anilines is 1. The maximum absolute atomic E-state index is 11.4. The first-order valence-electron chi connectivity index (χ1n) is 5.70. The highest BCUT2D eigenvalue weighted by molar-refractivity contribution is 7.98. The molecular formula is C14H14N2O2S. The van der Waals surface area contributed by atoms with Crippen molar-refractivity contribution in [2.75, 3.05) is 12.8 Å². The zero-order valence-corrected chi connectivity index (χ0v) is 11.3.